The fourth-order valence-corrected chi connectivity index (χ4v) is 3.61. The van der Waals surface area contributed by atoms with E-state index in [4.69, 9.17) is 21.1 Å². The van der Waals surface area contributed by atoms with Gasteiger partial charge in [-0.3, -0.25) is 4.79 Å². The molecule has 2 saturated heterocycles. The maximum absolute atomic E-state index is 12.7. The summed E-state index contributed by atoms with van der Waals surface area (Å²) in [6.45, 7) is 1.94. The predicted molar refractivity (Wildman–Crippen MR) is 80.3 cm³/mol. The molecule has 1 aromatic rings. The molecule has 2 atom stereocenters. The number of hydrogen-bond donors (Lipinski definition) is 0. The number of ether oxygens (including phenoxy) is 2. The lowest BCUT2D eigenvalue weighted by molar-refractivity contribution is -0.0920. The van der Waals surface area contributed by atoms with Crippen LogP contribution in [0.4, 0.5) is 0 Å². The van der Waals surface area contributed by atoms with Crippen molar-refractivity contribution in [1.82, 2.24) is 0 Å². The number of Topliss-reactive ketones (excluding diaryl/α,β-unsaturated/α-hetero) is 1. The zero-order valence-corrected chi connectivity index (χ0v) is 13.4. The lowest BCUT2D eigenvalue weighted by Crippen LogP contribution is -2.42. The molecule has 0 aromatic heterocycles. The van der Waals surface area contributed by atoms with Gasteiger partial charge in [0, 0.05) is 35.6 Å². The van der Waals surface area contributed by atoms with E-state index in [2.05, 4.69) is 15.9 Å². The predicted octanol–water partition coefficient (Wildman–Crippen LogP) is 3.87. The van der Waals surface area contributed by atoms with Crippen LogP contribution in [0.5, 0.6) is 0 Å². The van der Waals surface area contributed by atoms with Gasteiger partial charge in [-0.05, 0) is 40.9 Å². The third kappa shape index (κ3) is 2.67. The number of carbonyl (C=O) groups excluding carboxylic acids is 1. The Morgan fingerprint density at radius 1 is 1.40 bits per heavy atom. The standard InChI is InChI=1S/C15H16BrClO3/c16-12-3-1-2-11(13(12)17)14(18)10-4-6-20-15(8-10)5-7-19-9-15/h1-3,10H,4-9H2. The van der Waals surface area contributed by atoms with Crippen molar-refractivity contribution in [2.24, 2.45) is 5.92 Å². The Balaban J connectivity index is 1.81. The Kier molecular flexibility index (Phi) is 4.18. The topological polar surface area (TPSA) is 35.5 Å². The molecule has 0 aliphatic carbocycles. The van der Waals surface area contributed by atoms with Crippen molar-refractivity contribution in [1.29, 1.82) is 0 Å². The fraction of sp³-hybridized carbons (Fsp3) is 0.533. The van der Waals surface area contributed by atoms with Gasteiger partial charge in [-0.15, -0.1) is 0 Å². The van der Waals surface area contributed by atoms with Crippen molar-refractivity contribution in [3.05, 3.63) is 33.3 Å². The first kappa shape index (κ1) is 14.5. The maximum atomic E-state index is 12.7. The minimum absolute atomic E-state index is 0.0303. The molecule has 2 aliphatic rings. The van der Waals surface area contributed by atoms with Crippen LogP contribution in [0.2, 0.25) is 5.02 Å². The monoisotopic (exact) mass is 358 g/mol. The van der Waals surface area contributed by atoms with E-state index in [-0.39, 0.29) is 17.3 Å². The van der Waals surface area contributed by atoms with Crippen molar-refractivity contribution in [2.75, 3.05) is 19.8 Å². The summed E-state index contributed by atoms with van der Waals surface area (Å²) in [6.07, 6.45) is 2.36. The van der Waals surface area contributed by atoms with Crippen molar-refractivity contribution in [2.45, 2.75) is 24.9 Å². The van der Waals surface area contributed by atoms with E-state index in [0.717, 1.165) is 30.3 Å². The van der Waals surface area contributed by atoms with E-state index in [1.54, 1.807) is 6.07 Å². The summed E-state index contributed by atoms with van der Waals surface area (Å²) in [5.41, 5.74) is 0.346. The highest BCUT2D eigenvalue weighted by Gasteiger charge is 2.43. The summed E-state index contributed by atoms with van der Waals surface area (Å²) >= 11 is 9.60. The summed E-state index contributed by atoms with van der Waals surface area (Å²) in [6, 6.07) is 5.48. The molecule has 0 amide bonds. The van der Waals surface area contributed by atoms with Crippen molar-refractivity contribution in [3.63, 3.8) is 0 Å². The molecular formula is C15H16BrClO3. The highest BCUT2D eigenvalue weighted by molar-refractivity contribution is 9.10. The van der Waals surface area contributed by atoms with Gasteiger partial charge in [-0.25, -0.2) is 0 Å². The smallest absolute Gasteiger partial charge is 0.167 e. The van der Waals surface area contributed by atoms with Crippen LogP contribution >= 0.6 is 27.5 Å². The zero-order chi connectivity index (χ0) is 14.2. The van der Waals surface area contributed by atoms with E-state index < -0.39 is 0 Å². The van der Waals surface area contributed by atoms with Crippen LogP contribution in [0.1, 0.15) is 29.6 Å². The summed E-state index contributed by atoms with van der Waals surface area (Å²) in [4.78, 5) is 12.7. The molecule has 20 heavy (non-hydrogen) atoms. The van der Waals surface area contributed by atoms with Crippen LogP contribution in [-0.2, 0) is 9.47 Å². The zero-order valence-electron chi connectivity index (χ0n) is 11.0. The molecule has 1 spiro atoms. The average molecular weight is 360 g/mol. The van der Waals surface area contributed by atoms with Gasteiger partial charge in [0.05, 0.1) is 17.2 Å². The molecule has 2 unspecified atom stereocenters. The lowest BCUT2D eigenvalue weighted by Gasteiger charge is -2.36. The first-order valence-corrected chi connectivity index (χ1v) is 7.98. The van der Waals surface area contributed by atoms with Gasteiger partial charge in [0.25, 0.3) is 0 Å². The molecule has 108 valence electrons. The Hall–Kier alpha value is -0.420. The second-order valence-corrected chi connectivity index (χ2v) is 6.72. The quantitative estimate of drug-likeness (QED) is 0.752. The first-order valence-electron chi connectivity index (χ1n) is 6.81. The van der Waals surface area contributed by atoms with Crippen LogP contribution in [-0.4, -0.2) is 31.2 Å². The fourth-order valence-electron chi connectivity index (χ4n) is 3.03. The van der Waals surface area contributed by atoms with Gasteiger partial charge in [-0.1, -0.05) is 17.7 Å². The van der Waals surface area contributed by atoms with Gasteiger partial charge in [0.2, 0.25) is 0 Å². The van der Waals surface area contributed by atoms with Gasteiger partial charge in [-0.2, -0.15) is 0 Å². The van der Waals surface area contributed by atoms with Crippen LogP contribution in [0.15, 0.2) is 22.7 Å². The molecular weight excluding hydrogens is 344 g/mol. The van der Waals surface area contributed by atoms with Crippen LogP contribution < -0.4 is 0 Å². The van der Waals surface area contributed by atoms with Crippen LogP contribution in [0.3, 0.4) is 0 Å². The third-order valence-electron chi connectivity index (χ3n) is 4.15. The molecule has 0 radical (unpaired) electrons. The summed E-state index contributed by atoms with van der Waals surface area (Å²) in [7, 11) is 0. The highest BCUT2D eigenvalue weighted by Crippen LogP contribution is 2.38. The molecule has 0 saturated carbocycles. The summed E-state index contributed by atoms with van der Waals surface area (Å²) < 4.78 is 12.1. The molecule has 5 heteroatoms. The molecule has 2 aliphatic heterocycles. The molecule has 0 bridgehead atoms. The number of hydrogen-bond acceptors (Lipinski definition) is 3. The number of halogens is 2. The molecule has 1 aromatic carbocycles. The maximum Gasteiger partial charge on any atom is 0.167 e. The second-order valence-electron chi connectivity index (χ2n) is 5.49. The highest BCUT2D eigenvalue weighted by atomic mass is 79.9. The Morgan fingerprint density at radius 3 is 3.00 bits per heavy atom. The van der Waals surface area contributed by atoms with Crippen LogP contribution in [0.25, 0.3) is 0 Å². The van der Waals surface area contributed by atoms with Gasteiger partial charge >= 0.3 is 0 Å². The SMILES string of the molecule is O=C(c1cccc(Br)c1Cl)C1CCOC2(CCOC2)C1. The summed E-state index contributed by atoms with van der Waals surface area (Å²) in [5, 5.41) is 0.501. The molecule has 2 heterocycles. The Bertz CT molecular complexity index is 526. The number of rotatable bonds is 2. The van der Waals surface area contributed by atoms with E-state index in [0.29, 0.717) is 23.8 Å². The first-order chi connectivity index (χ1) is 9.61. The van der Waals surface area contributed by atoms with Crippen LogP contribution in [0, 0.1) is 5.92 Å². The van der Waals surface area contributed by atoms with Crippen molar-refractivity contribution < 1.29 is 14.3 Å². The molecule has 3 rings (SSSR count). The van der Waals surface area contributed by atoms with Crippen molar-refractivity contribution >= 4 is 33.3 Å². The van der Waals surface area contributed by atoms with E-state index >= 15 is 0 Å². The molecule has 2 fully saturated rings. The van der Waals surface area contributed by atoms with Gasteiger partial charge in [0.1, 0.15) is 0 Å². The van der Waals surface area contributed by atoms with E-state index in [1.165, 1.54) is 0 Å². The number of carbonyl (C=O) groups is 1. The minimum Gasteiger partial charge on any atom is -0.378 e. The molecule has 3 nitrogen and oxygen atoms in total. The second kappa shape index (κ2) is 5.76. The van der Waals surface area contributed by atoms with Gasteiger partial charge < -0.3 is 9.47 Å². The normalized spacial score (nSPS) is 29.8. The minimum atomic E-state index is -0.253. The third-order valence-corrected chi connectivity index (χ3v) is 5.44. The number of ketones is 1. The lowest BCUT2D eigenvalue weighted by atomic mass is 9.81. The van der Waals surface area contributed by atoms with E-state index in [9.17, 15) is 4.79 Å². The van der Waals surface area contributed by atoms with E-state index in [1.807, 2.05) is 12.1 Å². The van der Waals surface area contributed by atoms with Crippen molar-refractivity contribution in [3.8, 4) is 0 Å². The largest absolute Gasteiger partial charge is 0.378 e. The summed E-state index contributed by atoms with van der Waals surface area (Å²) in [5.74, 6) is 0.0862. The van der Waals surface area contributed by atoms with Gasteiger partial charge in [0.15, 0.2) is 5.78 Å². The Labute approximate surface area is 131 Å². The average Bonchev–Trinajstić information content (AvgIpc) is 2.89. The Morgan fingerprint density at radius 2 is 2.25 bits per heavy atom. The number of benzene rings is 1. The molecule has 0 N–H and O–H groups in total.